The Morgan fingerprint density at radius 2 is 2.12 bits per heavy atom. The van der Waals surface area contributed by atoms with E-state index in [0.29, 0.717) is 28.5 Å². The number of hydrogen-bond donors (Lipinski definition) is 2. The van der Waals surface area contributed by atoms with Gasteiger partial charge in [0.2, 0.25) is 0 Å². The second-order valence-electron chi connectivity index (χ2n) is 4.02. The maximum Gasteiger partial charge on any atom is 0.306 e. The Labute approximate surface area is 103 Å². The minimum absolute atomic E-state index is 0.323. The molecule has 0 saturated carbocycles. The van der Waals surface area contributed by atoms with Gasteiger partial charge in [0.1, 0.15) is 5.60 Å². The molecule has 5 heteroatoms. The van der Waals surface area contributed by atoms with E-state index >= 15 is 0 Å². The van der Waals surface area contributed by atoms with Crippen molar-refractivity contribution in [3.05, 3.63) is 33.3 Å². The van der Waals surface area contributed by atoms with Crippen LogP contribution in [-0.4, -0.2) is 16.2 Å². The molecule has 0 spiro atoms. The van der Waals surface area contributed by atoms with Crippen LogP contribution in [0.1, 0.15) is 24.0 Å². The summed E-state index contributed by atoms with van der Waals surface area (Å²) in [6, 6.07) is 3.20. The van der Waals surface area contributed by atoms with E-state index in [2.05, 4.69) is 0 Å². The molecule has 0 amide bonds. The van der Waals surface area contributed by atoms with Crippen LogP contribution in [0, 0.1) is 0 Å². The van der Waals surface area contributed by atoms with Crippen LogP contribution in [0.2, 0.25) is 10.0 Å². The molecule has 2 N–H and O–H groups in total. The molecule has 0 heterocycles. The van der Waals surface area contributed by atoms with Crippen molar-refractivity contribution in [2.24, 2.45) is 0 Å². The van der Waals surface area contributed by atoms with Gasteiger partial charge in [0, 0.05) is 10.0 Å². The normalized spacial score (nSPS) is 23.2. The molecule has 2 rings (SSSR count). The molecule has 1 aliphatic rings. The van der Waals surface area contributed by atoms with Crippen molar-refractivity contribution in [3.8, 4) is 0 Å². The van der Waals surface area contributed by atoms with E-state index in [1.807, 2.05) is 0 Å². The highest BCUT2D eigenvalue weighted by atomic mass is 35.5. The highest BCUT2D eigenvalue weighted by Crippen LogP contribution is 2.43. The quantitative estimate of drug-likeness (QED) is 0.860. The first-order chi connectivity index (χ1) is 7.42. The molecule has 1 unspecified atom stereocenters. The first-order valence-corrected chi connectivity index (χ1v) is 5.60. The van der Waals surface area contributed by atoms with E-state index in [1.165, 1.54) is 0 Å². The highest BCUT2D eigenvalue weighted by molar-refractivity contribution is 6.35. The van der Waals surface area contributed by atoms with Crippen LogP contribution in [0.5, 0.6) is 0 Å². The zero-order valence-electron chi connectivity index (χ0n) is 8.33. The molecule has 0 saturated heterocycles. The molecule has 1 aromatic rings. The van der Waals surface area contributed by atoms with Gasteiger partial charge in [-0.2, -0.15) is 0 Å². The predicted molar refractivity (Wildman–Crippen MR) is 60.9 cm³/mol. The number of aliphatic carboxylic acids is 1. The number of halogens is 2. The summed E-state index contributed by atoms with van der Waals surface area (Å²) in [4.78, 5) is 10.7. The Bertz CT molecular complexity index is 459. The molecule has 86 valence electrons. The van der Waals surface area contributed by atoms with Crippen LogP contribution in [-0.2, 0) is 16.8 Å². The Morgan fingerprint density at radius 1 is 1.44 bits per heavy atom. The van der Waals surface area contributed by atoms with Gasteiger partial charge >= 0.3 is 5.97 Å². The van der Waals surface area contributed by atoms with Crippen LogP contribution in [0.15, 0.2) is 12.1 Å². The fourth-order valence-electron chi connectivity index (χ4n) is 2.17. The lowest BCUT2D eigenvalue weighted by Gasteiger charge is -2.22. The van der Waals surface area contributed by atoms with E-state index in [1.54, 1.807) is 12.1 Å². The van der Waals surface area contributed by atoms with Gasteiger partial charge in [0.05, 0.1) is 6.42 Å². The molecule has 1 aliphatic carbocycles. The van der Waals surface area contributed by atoms with Crippen molar-refractivity contribution in [1.29, 1.82) is 0 Å². The second kappa shape index (κ2) is 3.91. The van der Waals surface area contributed by atoms with Gasteiger partial charge in [-0.25, -0.2) is 0 Å². The summed E-state index contributed by atoms with van der Waals surface area (Å²) in [6.07, 6.45) is 0.625. The number of fused-ring (bicyclic) bond motifs is 1. The average Bonchev–Trinajstić information content (AvgIpc) is 2.43. The summed E-state index contributed by atoms with van der Waals surface area (Å²) in [5.41, 5.74) is 0.0117. The lowest BCUT2D eigenvalue weighted by molar-refractivity contribution is -0.142. The molecule has 1 aromatic carbocycles. The van der Waals surface area contributed by atoms with Gasteiger partial charge in [-0.1, -0.05) is 23.2 Å². The second-order valence-corrected chi connectivity index (χ2v) is 4.86. The molecule has 3 nitrogen and oxygen atoms in total. The van der Waals surface area contributed by atoms with Crippen molar-refractivity contribution >= 4 is 29.2 Å². The lowest BCUT2D eigenvalue weighted by Crippen LogP contribution is -2.26. The lowest BCUT2D eigenvalue weighted by atomic mass is 9.92. The Hall–Kier alpha value is -0.770. The molecule has 0 aliphatic heterocycles. The number of benzene rings is 1. The van der Waals surface area contributed by atoms with Gasteiger partial charge in [-0.05, 0) is 36.1 Å². The van der Waals surface area contributed by atoms with Gasteiger partial charge < -0.3 is 10.2 Å². The molecular formula is C11H10Cl2O3. The number of carboxylic acids is 1. The summed E-state index contributed by atoms with van der Waals surface area (Å²) in [7, 11) is 0. The van der Waals surface area contributed by atoms with Crippen molar-refractivity contribution in [2.45, 2.75) is 24.9 Å². The Balaban J connectivity index is 2.49. The molecule has 0 radical (unpaired) electrons. The van der Waals surface area contributed by atoms with Gasteiger partial charge in [0.15, 0.2) is 0 Å². The Kier molecular flexibility index (Phi) is 2.86. The van der Waals surface area contributed by atoms with E-state index in [-0.39, 0.29) is 6.42 Å². The zero-order chi connectivity index (χ0) is 11.9. The molecular weight excluding hydrogens is 251 g/mol. The summed E-state index contributed by atoms with van der Waals surface area (Å²) in [6.45, 7) is 0. The maximum atomic E-state index is 10.7. The van der Waals surface area contributed by atoms with Crippen LogP contribution in [0.4, 0.5) is 0 Å². The Morgan fingerprint density at radius 3 is 2.75 bits per heavy atom. The third-order valence-corrected chi connectivity index (χ3v) is 3.45. The third-order valence-electron chi connectivity index (χ3n) is 2.89. The van der Waals surface area contributed by atoms with Gasteiger partial charge in [-0.15, -0.1) is 0 Å². The number of carbonyl (C=O) groups is 1. The fourth-order valence-corrected chi connectivity index (χ4v) is 2.76. The van der Waals surface area contributed by atoms with Crippen LogP contribution < -0.4 is 0 Å². The molecule has 16 heavy (non-hydrogen) atoms. The van der Waals surface area contributed by atoms with Crippen molar-refractivity contribution in [3.63, 3.8) is 0 Å². The van der Waals surface area contributed by atoms with E-state index in [0.717, 1.165) is 5.56 Å². The molecule has 0 fully saturated rings. The monoisotopic (exact) mass is 260 g/mol. The summed E-state index contributed by atoms with van der Waals surface area (Å²) in [5, 5.41) is 19.9. The summed E-state index contributed by atoms with van der Waals surface area (Å²) < 4.78 is 0. The minimum Gasteiger partial charge on any atom is -0.481 e. The summed E-state index contributed by atoms with van der Waals surface area (Å²) >= 11 is 11.8. The number of aliphatic hydroxyl groups is 1. The topological polar surface area (TPSA) is 57.5 Å². The van der Waals surface area contributed by atoms with Gasteiger partial charge in [-0.3, -0.25) is 4.79 Å². The molecule has 1 atom stereocenters. The number of carboxylic acid groups (broad SMARTS) is 1. The first-order valence-electron chi connectivity index (χ1n) is 4.85. The van der Waals surface area contributed by atoms with E-state index in [9.17, 15) is 9.90 Å². The zero-order valence-corrected chi connectivity index (χ0v) is 9.85. The van der Waals surface area contributed by atoms with Crippen LogP contribution in [0.25, 0.3) is 0 Å². The standard InChI is InChI=1S/C11H10Cl2O3/c12-6-3-8-7(9(13)4-6)1-2-11(8,16)5-10(14)15/h3-4,16H,1-2,5H2,(H,14,15). The largest absolute Gasteiger partial charge is 0.481 e. The minimum atomic E-state index is -1.34. The van der Waals surface area contributed by atoms with Gasteiger partial charge in [0.25, 0.3) is 0 Å². The third kappa shape index (κ3) is 1.90. The van der Waals surface area contributed by atoms with Crippen molar-refractivity contribution in [2.75, 3.05) is 0 Å². The smallest absolute Gasteiger partial charge is 0.306 e. The van der Waals surface area contributed by atoms with E-state index < -0.39 is 11.6 Å². The molecule has 0 bridgehead atoms. The SMILES string of the molecule is O=C(O)CC1(O)CCc2c(Cl)cc(Cl)cc21. The highest BCUT2D eigenvalue weighted by Gasteiger charge is 2.39. The summed E-state index contributed by atoms with van der Waals surface area (Å²) in [5.74, 6) is -1.04. The first kappa shape index (κ1) is 11.7. The maximum absolute atomic E-state index is 10.7. The average molecular weight is 261 g/mol. The molecule has 0 aromatic heterocycles. The van der Waals surface area contributed by atoms with Crippen molar-refractivity contribution in [1.82, 2.24) is 0 Å². The van der Waals surface area contributed by atoms with Crippen molar-refractivity contribution < 1.29 is 15.0 Å². The predicted octanol–water partition coefficient (Wildman–Crippen LogP) is 2.60. The van der Waals surface area contributed by atoms with E-state index in [4.69, 9.17) is 28.3 Å². The number of rotatable bonds is 2. The van der Waals surface area contributed by atoms with Crippen LogP contribution in [0.3, 0.4) is 0 Å². The van der Waals surface area contributed by atoms with Crippen LogP contribution >= 0.6 is 23.2 Å². The fraction of sp³-hybridized carbons (Fsp3) is 0.364. The number of hydrogen-bond acceptors (Lipinski definition) is 2.